The Morgan fingerprint density at radius 3 is 2.65 bits per heavy atom. The maximum atomic E-state index is 13.6. The molecule has 20 heavy (non-hydrogen) atoms. The van der Waals surface area contributed by atoms with E-state index in [0.29, 0.717) is 5.41 Å². The summed E-state index contributed by atoms with van der Waals surface area (Å²) >= 11 is 5.77. The molecular formula is C17H25ClFN. The maximum Gasteiger partial charge on any atom is 0.142 e. The van der Waals surface area contributed by atoms with Gasteiger partial charge in [-0.3, -0.25) is 0 Å². The van der Waals surface area contributed by atoms with E-state index in [1.54, 1.807) is 12.1 Å². The van der Waals surface area contributed by atoms with E-state index in [0.717, 1.165) is 31.5 Å². The summed E-state index contributed by atoms with van der Waals surface area (Å²) in [5, 5.41) is 3.79. The van der Waals surface area contributed by atoms with Crippen molar-refractivity contribution >= 4 is 11.6 Å². The van der Waals surface area contributed by atoms with Crippen LogP contribution in [-0.2, 0) is 6.42 Å². The van der Waals surface area contributed by atoms with Crippen LogP contribution in [0, 0.1) is 11.2 Å². The fourth-order valence-electron chi connectivity index (χ4n) is 3.33. The summed E-state index contributed by atoms with van der Waals surface area (Å²) in [4.78, 5) is 0. The summed E-state index contributed by atoms with van der Waals surface area (Å²) < 4.78 is 13.6. The molecule has 1 aliphatic carbocycles. The van der Waals surface area contributed by atoms with Crippen molar-refractivity contribution in [1.82, 2.24) is 5.32 Å². The molecule has 2 rings (SSSR count). The second kappa shape index (κ2) is 7.42. The Balaban J connectivity index is 2.07. The van der Waals surface area contributed by atoms with Gasteiger partial charge >= 0.3 is 0 Å². The van der Waals surface area contributed by atoms with E-state index in [4.69, 9.17) is 11.6 Å². The van der Waals surface area contributed by atoms with E-state index in [1.807, 2.05) is 6.07 Å². The van der Waals surface area contributed by atoms with Gasteiger partial charge in [0.05, 0.1) is 5.02 Å². The molecule has 0 saturated heterocycles. The molecule has 1 aromatic carbocycles. The Morgan fingerprint density at radius 1 is 1.25 bits per heavy atom. The number of benzene rings is 1. The van der Waals surface area contributed by atoms with Crippen LogP contribution < -0.4 is 5.32 Å². The van der Waals surface area contributed by atoms with Crippen molar-refractivity contribution in [3.8, 4) is 0 Å². The highest BCUT2D eigenvalue weighted by atomic mass is 35.5. The van der Waals surface area contributed by atoms with Gasteiger partial charge in [-0.1, -0.05) is 43.9 Å². The lowest BCUT2D eigenvalue weighted by atomic mass is 9.70. The van der Waals surface area contributed by atoms with Crippen molar-refractivity contribution in [3.63, 3.8) is 0 Å². The molecule has 112 valence electrons. The van der Waals surface area contributed by atoms with Crippen molar-refractivity contribution in [2.75, 3.05) is 13.1 Å². The van der Waals surface area contributed by atoms with Crippen molar-refractivity contribution in [2.24, 2.45) is 5.41 Å². The van der Waals surface area contributed by atoms with Crippen LogP contribution in [0.15, 0.2) is 18.2 Å². The van der Waals surface area contributed by atoms with Gasteiger partial charge in [0, 0.05) is 6.54 Å². The average molecular weight is 298 g/mol. The zero-order chi connectivity index (χ0) is 14.4. The third-order valence-corrected chi connectivity index (χ3v) is 4.71. The smallest absolute Gasteiger partial charge is 0.142 e. The Kier molecular flexibility index (Phi) is 5.86. The molecule has 0 atom stereocenters. The van der Waals surface area contributed by atoms with Gasteiger partial charge in [0.2, 0.25) is 0 Å². The van der Waals surface area contributed by atoms with Gasteiger partial charge in [0.15, 0.2) is 0 Å². The van der Waals surface area contributed by atoms with Crippen molar-refractivity contribution in [1.29, 1.82) is 0 Å². The molecule has 1 nitrogen and oxygen atoms in total. The molecule has 1 aromatic rings. The lowest BCUT2D eigenvalue weighted by Gasteiger charge is -2.38. The molecule has 1 N–H and O–H groups in total. The molecule has 1 aliphatic rings. The lowest BCUT2D eigenvalue weighted by molar-refractivity contribution is 0.181. The van der Waals surface area contributed by atoms with Crippen molar-refractivity contribution < 1.29 is 4.39 Å². The fraction of sp³-hybridized carbons (Fsp3) is 0.647. The number of halogens is 2. The number of hydrogen-bond acceptors (Lipinski definition) is 1. The van der Waals surface area contributed by atoms with Gasteiger partial charge in [-0.25, -0.2) is 4.39 Å². The van der Waals surface area contributed by atoms with E-state index in [2.05, 4.69) is 12.2 Å². The molecule has 0 unspecified atom stereocenters. The minimum atomic E-state index is -0.295. The van der Waals surface area contributed by atoms with Crippen LogP contribution in [0.1, 0.15) is 51.0 Å². The first-order valence-electron chi connectivity index (χ1n) is 7.80. The zero-order valence-electron chi connectivity index (χ0n) is 12.4. The molecule has 0 aliphatic heterocycles. The largest absolute Gasteiger partial charge is 0.316 e. The monoisotopic (exact) mass is 297 g/mol. The quantitative estimate of drug-likeness (QED) is 0.731. The Bertz CT molecular complexity index is 427. The zero-order valence-corrected chi connectivity index (χ0v) is 13.1. The van der Waals surface area contributed by atoms with Gasteiger partial charge in [-0.05, 0) is 55.3 Å². The first-order valence-corrected chi connectivity index (χ1v) is 8.18. The van der Waals surface area contributed by atoms with Crippen LogP contribution in [0.3, 0.4) is 0 Å². The minimum absolute atomic E-state index is 0.218. The molecule has 0 aromatic heterocycles. The molecule has 1 fully saturated rings. The predicted molar refractivity (Wildman–Crippen MR) is 83.8 cm³/mol. The fourth-order valence-corrected chi connectivity index (χ4v) is 3.45. The first kappa shape index (κ1) is 15.8. The third-order valence-electron chi connectivity index (χ3n) is 4.40. The molecule has 1 saturated carbocycles. The summed E-state index contributed by atoms with van der Waals surface area (Å²) in [5.41, 5.74) is 1.38. The summed E-state index contributed by atoms with van der Waals surface area (Å²) in [6.45, 7) is 4.30. The number of rotatable bonds is 6. The van der Waals surface area contributed by atoms with Crippen LogP contribution in [0.2, 0.25) is 5.02 Å². The molecule has 0 amide bonds. The molecule has 0 radical (unpaired) electrons. The molecule has 0 bridgehead atoms. The van der Waals surface area contributed by atoms with Crippen LogP contribution in [-0.4, -0.2) is 13.1 Å². The standard InChI is InChI=1S/C17H25ClFN/c1-2-10-20-13-17(8-4-3-5-9-17)12-14-6-7-15(18)16(19)11-14/h6-7,11,20H,2-5,8-10,12-13H2,1H3. The minimum Gasteiger partial charge on any atom is -0.316 e. The van der Waals surface area contributed by atoms with E-state index >= 15 is 0 Å². The second-order valence-corrected chi connectivity index (χ2v) is 6.57. The highest BCUT2D eigenvalue weighted by Crippen LogP contribution is 2.39. The van der Waals surface area contributed by atoms with E-state index in [1.165, 1.54) is 32.1 Å². The van der Waals surface area contributed by atoms with Crippen LogP contribution in [0.25, 0.3) is 0 Å². The number of nitrogens with one attached hydrogen (secondary N) is 1. The Hall–Kier alpha value is -0.600. The van der Waals surface area contributed by atoms with E-state index in [-0.39, 0.29) is 10.8 Å². The molecule has 0 heterocycles. The van der Waals surface area contributed by atoms with Gasteiger partial charge in [-0.15, -0.1) is 0 Å². The second-order valence-electron chi connectivity index (χ2n) is 6.16. The van der Waals surface area contributed by atoms with Crippen LogP contribution in [0.5, 0.6) is 0 Å². The van der Waals surface area contributed by atoms with Crippen LogP contribution in [0.4, 0.5) is 4.39 Å². The Labute approximate surface area is 126 Å². The van der Waals surface area contributed by atoms with Crippen molar-refractivity contribution in [3.05, 3.63) is 34.6 Å². The molecular weight excluding hydrogens is 273 g/mol. The lowest BCUT2D eigenvalue weighted by Crippen LogP contribution is -2.38. The molecule has 0 spiro atoms. The van der Waals surface area contributed by atoms with Gasteiger partial charge in [0.1, 0.15) is 5.82 Å². The van der Waals surface area contributed by atoms with Gasteiger partial charge < -0.3 is 5.32 Å². The maximum absolute atomic E-state index is 13.6. The average Bonchev–Trinajstić information content (AvgIpc) is 2.44. The normalized spacial score (nSPS) is 18.1. The van der Waals surface area contributed by atoms with Crippen LogP contribution >= 0.6 is 11.6 Å². The van der Waals surface area contributed by atoms with Gasteiger partial charge in [0.25, 0.3) is 0 Å². The summed E-state index contributed by atoms with van der Waals surface area (Å²) in [6, 6.07) is 5.27. The topological polar surface area (TPSA) is 12.0 Å². The first-order chi connectivity index (χ1) is 9.65. The van der Waals surface area contributed by atoms with E-state index < -0.39 is 0 Å². The SMILES string of the molecule is CCCNCC1(Cc2ccc(Cl)c(F)c2)CCCCC1. The number of hydrogen-bond donors (Lipinski definition) is 1. The predicted octanol–water partition coefficient (Wildman–Crippen LogP) is 4.97. The summed E-state index contributed by atoms with van der Waals surface area (Å²) in [7, 11) is 0. The summed E-state index contributed by atoms with van der Waals surface area (Å²) in [5.74, 6) is -0.295. The molecule has 3 heteroatoms. The van der Waals surface area contributed by atoms with Gasteiger partial charge in [-0.2, -0.15) is 0 Å². The highest BCUT2D eigenvalue weighted by Gasteiger charge is 2.31. The summed E-state index contributed by atoms with van der Waals surface area (Å²) in [6.07, 6.45) is 8.53. The highest BCUT2D eigenvalue weighted by molar-refractivity contribution is 6.30. The third kappa shape index (κ3) is 4.20. The van der Waals surface area contributed by atoms with Crippen molar-refractivity contribution in [2.45, 2.75) is 51.9 Å². The Morgan fingerprint density at radius 2 is 2.00 bits per heavy atom. The van der Waals surface area contributed by atoms with E-state index in [9.17, 15) is 4.39 Å².